The third-order valence-corrected chi connectivity index (χ3v) is 7.62. The van der Waals surface area contributed by atoms with Crippen LogP contribution in [0.5, 0.6) is 0 Å². The van der Waals surface area contributed by atoms with Crippen LogP contribution in [0, 0.1) is 24.2 Å². The first-order chi connectivity index (χ1) is 14.1. The van der Waals surface area contributed by atoms with Crippen LogP contribution in [0.3, 0.4) is 0 Å². The minimum atomic E-state index is -4.36. The first-order valence-corrected chi connectivity index (χ1v) is 11.1. The molecular weight excluding hydrogens is 437 g/mol. The van der Waals surface area contributed by atoms with Crippen molar-refractivity contribution in [2.45, 2.75) is 43.4 Å². The number of nitriles is 1. The van der Waals surface area contributed by atoms with Gasteiger partial charge in [0.15, 0.2) is 0 Å². The van der Waals surface area contributed by atoms with E-state index in [0.29, 0.717) is 16.4 Å². The van der Waals surface area contributed by atoms with Gasteiger partial charge in [-0.05, 0) is 31.9 Å². The molecule has 2 heterocycles. The number of carbonyl (C=O) groups excluding carboxylic acids is 2. The van der Waals surface area contributed by atoms with Crippen LogP contribution < -0.4 is 16.0 Å². The van der Waals surface area contributed by atoms with Crippen LogP contribution in [0.25, 0.3) is 0 Å². The first kappa shape index (κ1) is 22.3. The highest BCUT2D eigenvalue weighted by Gasteiger charge is 2.41. The molecule has 0 bridgehead atoms. The lowest BCUT2D eigenvalue weighted by Gasteiger charge is -2.35. The van der Waals surface area contributed by atoms with E-state index in [1.807, 2.05) is 6.07 Å². The number of carbonyl (C=O) groups is 2. The van der Waals surface area contributed by atoms with Crippen LogP contribution in [-0.2, 0) is 14.8 Å². The van der Waals surface area contributed by atoms with Crippen molar-refractivity contribution in [1.29, 1.82) is 5.26 Å². The Bertz CT molecular complexity index is 1030. The maximum absolute atomic E-state index is 14.3. The van der Waals surface area contributed by atoms with Crippen LogP contribution in [-0.4, -0.2) is 56.0 Å². The first-order valence-electron chi connectivity index (χ1n) is 9.25. The Hall–Kier alpha value is -2.42. The van der Waals surface area contributed by atoms with Crippen molar-refractivity contribution in [3.05, 3.63) is 22.7 Å². The van der Waals surface area contributed by atoms with Crippen molar-refractivity contribution in [3.63, 3.8) is 0 Å². The Labute approximate surface area is 178 Å². The number of piperidine rings is 1. The Balaban J connectivity index is 1.73. The molecule has 1 saturated heterocycles. The molecular formula is C18H21ClFN5O4S. The van der Waals surface area contributed by atoms with Crippen molar-refractivity contribution in [1.82, 2.24) is 14.9 Å². The molecule has 9 nitrogen and oxygen atoms in total. The number of rotatable bonds is 4. The van der Waals surface area contributed by atoms with Gasteiger partial charge in [-0.2, -0.15) is 5.26 Å². The third-order valence-electron chi connectivity index (χ3n) is 5.20. The summed E-state index contributed by atoms with van der Waals surface area (Å²) in [6.07, 6.45) is -1.30. The number of hydrogen-bond acceptors (Lipinski definition) is 6. The fourth-order valence-electron chi connectivity index (χ4n) is 3.57. The van der Waals surface area contributed by atoms with Crippen LogP contribution in [0.4, 0.5) is 14.9 Å². The summed E-state index contributed by atoms with van der Waals surface area (Å²) >= 11 is 6.14. The Kier molecular flexibility index (Phi) is 6.21. The number of fused-ring (bicyclic) bond motifs is 1. The molecule has 1 aromatic carbocycles. The summed E-state index contributed by atoms with van der Waals surface area (Å²) in [5.74, 6) is -1.22. The summed E-state index contributed by atoms with van der Waals surface area (Å²) in [5, 5.41) is 16.7. The van der Waals surface area contributed by atoms with Crippen molar-refractivity contribution >= 4 is 39.2 Å². The van der Waals surface area contributed by atoms with Gasteiger partial charge in [-0.3, -0.25) is 4.79 Å². The fraction of sp³-hybridized carbons (Fsp3) is 0.500. The molecule has 4 atom stereocenters. The highest BCUT2D eigenvalue weighted by atomic mass is 35.5. The summed E-state index contributed by atoms with van der Waals surface area (Å²) in [7, 11) is -4.36. The topological polar surface area (TPSA) is 131 Å². The number of aryl methyl sites for hydroxylation is 1. The number of sulfonamides is 1. The van der Waals surface area contributed by atoms with Gasteiger partial charge in [0.2, 0.25) is 5.91 Å². The zero-order valence-corrected chi connectivity index (χ0v) is 17.8. The summed E-state index contributed by atoms with van der Waals surface area (Å²) in [5.41, 5.74) is 0.542. The van der Waals surface area contributed by atoms with E-state index in [9.17, 15) is 22.4 Å². The molecule has 3 rings (SSSR count). The zero-order valence-electron chi connectivity index (χ0n) is 16.3. The highest BCUT2D eigenvalue weighted by molar-refractivity contribution is 7.90. The maximum Gasteiger partial charge on any atom is 0.336 e. The van der Waals surface area contributed by atoms with Gasteiger partial charge in [-0.1, -0.05) is 17.7 Å². The predicted molar refractivity (Wildman–Crippen MR) is 107 cm³/mol. The van der Waals surface area contributed by atoms with Gasteiger partial charge in [0.05, 0.1) is 28.7 Å². The largest absolute Gasteiger partial charge is 0.350 e. The fourth-order valence-corrected chi connectivity index (χ4v) is 5.59. The van der Waals surface area contributed by atoms with Gasteiger partial charge < -0.3 is 16.0 Å². The normalized spacial score (nSPS) is 26.2. The van der Waals surface area contributed by atoms with Gasteiger partial charge in [0.25, 0.3) is 10.0 Å². The van der Waals surface area contributed by atoms with E-state index >= 15 is 0 Å². The highest BCUT2D eigenvalue weighted by Crippen LogP contribution is 2.37. The van der Waals surface area contributed by atoms with Crippen LogP contribution in [0.15, 0.2) is 17.0 Å². The van der Waals surface area contributed by atoms with Crippen LogP contribution in [0.2, 0.25) is 5.02 Å². The molecule has 3 amide bonds. The molecule has 162 valence electrons. The van der Waals surface area contributed by atoms with Crippen molar-refractivity contribution in [3.8, 4) is 6.07 Å². The second kappa shape index (κ2) is 8.37. The second-order valence-electron chi connectivity index (χ2n) is 7.38. The van der Waals surface area contributed by atoms with Gasteiger partial charge in [0.1, 0.15) is 17.6 Å². The Morgan fingerprint density at radius 3 is 2.83 bits per heavy atom. The number of anilines is 1. The van der Waals surface area contributed by atoms with E-state index in [4.69, 9.17) is 16.9 Å². The number of alkyl halides is 1. The molecule has 1 fully saturated rings. The predicted octanol–water partition coefficient (Wildman–Crippen LogP) is 1.53. The number of halogens is 2. The molecule has 0 radical (unpaired) electrons. The van der Waals surface area contributed by atoms with Crippen LogP contribution in [0.1, 0.15) is 18.9 Å². The van der Waals surface area contributed by atoms with E-state index < -0.39 is 52.7 Å². The lowest BCUT2D eigenvalue weighted by Crippen LogP contribution is -2.58. The number of nitrogens with zero attached hydrogens (tertiary/aromatic N) is 2. The average molecular weight is 458 g/mol. The number of benzene rings is 1. The number of hydrogen-bond donors (Lipinski definition) is 3. The maximum atomic E-state index is 14.3. The molecule has 12 heteroatoms. The van der Waals surface area contributed by atoms with E-state index in [1.54, 1.807) is 19.9 Å². The number of amides is 3. The SMILES string of the molecule is Cc1ccc2c(c1Cl)S(=O)(=O)N(CC(=O)N[C@@H](C)C1NCC(C#N)CC1F)C(=O)N2. The second-order valence-corrected chi connectivity index (χ2v) is 9.56. The lowest BCUT2D eigenvalue weighted by atomic mass is 9.90. The molecule has 30 heavy (non-hydrogen) atoms. The van der Waals surface area contributed by atoms with Gasteiger partial charge >= 0.3 is 6.03 Å². The van der Waals surface area contributed by atoms with E-state index in [0.717, 1.165) is 0 Å². The van der Waals surface area contributed by atoms with Crippen molar-refractivity contribution in [2.24, 2.45) is 5.92 Å². The molecule has 0 spiro atoms. The molecule has 0 saturated carbocycles. The Morgan fingerprint density at radius 1 is 1.50 bits per heavy atom. The minimum absolute atomic E-state index is 0.0370. The average Bonchev–Trinajstić information content (AvgIpc) is 2.67. The third kappa shape index (κ3) is 4.08. The molecule has 3 N–H and O–H groups in total. The molecule has 2 aliphatic heterocycles. The molecule has 3 unspecified atom stereocenters. The van der Waals surface area contributed by atoms with E-state index in [1.165, 1.54) is 6.07 Å². The smallest absolute Gasteiger partial charge is 0.336 e. The standard InChI is InChI=1S/C18H21ClFN5O4S/c1-9-3-4-13-17(15(9)19)30(28,29)25(18(27)24-13)8-14(26)23-10(2)16-12(20)5-11(6-21)7-22-16/h3-4,10-12,16,22H,5,7-8H2,1-2H3,(H,23,26)(H,24,27)/t10-,11?,12?,16?/m0/s1. The van der Waals surface area contributed by atoms with E-state index in [-0.39, 0.29) is 22.0 Å². The molecule has 2 aliphatic rings. The molecule has 0 aliphatic carbocycles. The van der Waals surface area contributed by atoms with Gasteiger partial charge in [0, 0.05) is 12.6 Å². The van der Waals surface area contributed by atoms with Gasteiger partial charge in [-0.25, -0.2) is 21.9 Å². The summed E-state index contributed by atoms with van der Waals surface area (Å²) in [4.78, 5) is 24.5. The van der Waals surface area contributed by atoms with Crippen molar-refractivity contribution in [2.75, 3.05) is 18.4 Å². The van der Waals surface area contributed by atoms with E-state index in [2.05, 4.69) is 16.0 Å². The zero-order chi connectivity index (χ0) is 22.2. The number of nitrogens with one attached hydrogen (secondary N) is 3. The van der Waals surface area contributed by atoms with Crippen LogP contribution >= 0.6 is 11.6 Å². The summed E-state index contributed by atoms with van der Waals surface area (Å²) < 4.78 is 40.6. The summed E-state index contributed by atoms with van der Waals surface area (Å²) in [6.45, 7) is 2.69. The molecule has 1 aromatic rings. The Morgan fingerprint density at radius 2 is 2.20 bits per heavy atom. The minimum Gasteiger partial charge on any atom is -0.350 e. The summed E-state index contributed by atoms with van der Waals surface area (Å²) in [6, 6.07) is 2.59. The monoisotopic (exact) mass is 457 g/mol. The lowest BCUT2D eigenvalue weighted by molar-refractivity contribution is -0.121. The number of urea groups is 1. The molecule has 0 aromatic heterocycles. The van der Waals surface area contributed by atoms with Gasteiger partial charge in [-0.15, -0.1) is 0 Å². The van der Waals surface area contributed by atoms with Crippen molar-refractivity contribution < 1.29 is 22.4 Å². The quantitative estimate of drug-likeness (QED) is 0.628.